The fourth-order valence-electron chi connectivity index (χ4n) is 7.19. The van der Waals surface area contributed by atoms with Gasteiger partial charge >= 0.3 is 0 Å². The highest BCUT2D eigenvalue weighted by molar-refractivity contribution is 5.55. The van der Waals surface area contributed by atoms with E-state index in [1.807, 2.05) is 31.2 Å². The maximum atomic E-state index is 15.9. The number of hydrogen-bond acceptors (Lipinski definition) is 0. The minimum atomic E-state index is -1.52. The van der Waals surface area contributed by atoms with Crippen molar-refractivity contribution in [2.75, 3.05) is 0 Å². The van der Waals surface area contributed by atoms with Crippen LogP contribution < -0.4 is 10.4 Å². The number of rotatable bonds is 8. The molecular weight excluding hydrogens is 410 g/mol. The molecule has 33 heavy (non-hydrogen) atoms. The molecule has 2 atom stereocenters. The lowest BCUT2D eigenvalue weighted by atomic mass is 9.60. The molecule has 1 aromatic rings. The van der Waals surface area contributed by atoms with Crippen molar-refractivity contribution in [1.82, 2.24) is 0 Å². The third kappa shape index (κ3) is 5.46. The Labute approximate surface area is 200 Å². The highest BCUT2D eigenvalue weighted by atomic mass is 19.2. The first-order valence-corrected chi connectivity index (χ1v) is 13.8. The monoisotopic (exact) mass is 454 g/mol. The van der Waals surface area contributed by atoms with Gasteiger partial charge in [-0.2, -0.15) is 0 Å². The van der Waals surface area contributed by atoms with E-state index in [-0.39, 0.29) is 5.92 Å². The number of hydrogen-bond donors (Lipinski definition) is 0. The van der Waals surface area contributed by atoms with Crippen LogP contribution in [0.1, 0.15) is 97.3 Å². The second kappa shape index (κ2) is 11.3. The van der Waals surface area contributed by atoms with Gasteiger partial charge in [0.15, 0.2) is 6.17 Å². The Morgan fingerprint density at radius 1 is 0.909 bits per heavy atom. The minimum absolute atomic E-state index is 0.230. The van der Waals surface area contributed by atoms with Crippen molar-refractivity contribution in [3.63, 3.8) is 0 Å². The summed E-state index contributed by atoms with van der Waals surface area (Å²) in [5, 5.41) is 1.34. The Balaban J connectivity index is 1.42. The molecular formula is C31H44F2. The molecule has 0 radical (unpaired) electrons. The maximum absolute atomic E-state index is 15.9. The van der Waals surface area contributed by atoms with Crippen molar-refractivity contribution >= 4 is 11.9 Å². The third-order valence-electron chi connectivity index (χ3n) is 9.45. The van der Waals surface area contributed by atoms with Gasteiger partial charge in [0, 0.05) is 10.6 Å². The van der Waals surface area contributed by atoms with Gasteiger partial charge in [-0.25, -0.2) is 8.78 Å². The molecule has 2 fully saturated rings. The van der Waals surface area contributed by atoms with E-state index < -0.39 is 17.4 Å². The second-order valence-electron chi connectivity index (χ2n) is 11.3. The molecule has 3 aliphatic rings. The molecule has 2 saturated carbocycles. The van der Waals surface area contributed by atoms with Crippen molar-refractivity contribution in [3.05, 3.63) is 46.9 Å². The molecule has 0 saturated heterocycles. The van der Waals surface area contributed by atoms with Gasteiger partial charge in [-0.3, -0.25) is 0 Å². The third-order valence-corrected chi connectivity index (χ3v) is 9.45. The maximum Gasteiger partial charge on any atom is 0.161 e. The number of allylic oxidation sites excluding steroid dienone is 2. The first kappa shape index (κ1) is 24.7. The van der Waals surface area contributed by atoms with E-state index in [0.717, 1.165) is 42.2 Å². The van der Waals surface area contributed by atoms with E-state index >= 15 is 8.78 Å². The van der Waals surface area contributed by atoms with Crippen LogP contribution in [0.25, 0.3) is 11.9 Å². The summed E-state index contributed by atoms with van der Waals surface area (Å²) in [5.41, 5.74) is -0.707. The summed E-state index contributed by atoms with van der Waals surface area (Å²) < 4.78 is 31.2. The van der Waals surface area contributed by atoms with Crippen LogP contribution in [0.5, 0.6) is 0 Å². The van der Waals surface area contributed by atoms with Gasteiger partial charge in [-0.05, 0) is 61.5 Å². The van der Waals surface area contributed by atoms with Crippen LogP contribution in [-0.4, -0.2) is 6.17 Å². The average molecular weight is 455 g/mol. The fourth-order valence-corrected chi connectivity index (χ4v) is 7.19. The highest BCUT2D eigenvalue weighted by Crippen LogP contribution is 2.51. The van der Waals surface area contributed by atoms with Crippen LogP contribution in [0.4, 0.5) is 8.78 Å². The van der Waals surface area contributed by atoms with Crippen LogP contribution in [0.3, 0.4) is 0 Å². The average Bonchev–Trinajstić information content (AvgIpc) is 2.86. The molecule has 0 spiro atoms. The molecule has 3 aliphatic carbocycles. The van der Waals surface area contributed by atoms with E-state index in [1.165, 1.54) is 57.8 Å². The van der Waals surface area contributed by atoms with Crippen molar-refractivity contribution in [2.45, 2.75) is 103 Å². The zero-order chi connectivity index (χ0) is 23.3. The summed E-state index contributed by atoms with van der Waals surface area (Å²) in [6, 6.07) is 7.45. The standard InChI is InChI=1S/C31H44F2/c1-3-5-8-21-31(22-26-9-6-7-10-28(26)29(32)30(31)33)27-19-17-25(18-20-27)16-15-24-13-11-23(4-2)12-14-24/h3,5-7,9-10,22-25,27,30H,4,8,11-21H2,1-2H3/b5-3+. The Bertz CT molecular complexity index is 899. The topological polar surface area (TPSA) is 0 Å². The molecule has 182 valence electrons. The number of fused-ring (bicyclic) bond motifs is 1. The van der Waals surface area contributed by atoms with Crippen molar-refractivity contribution in [1.29, 1.82) is 0 Å². The molecule has 0 N–H and O–H groups in total. The molecule has 1 aromatic carbocycles. The quantitative estimate of drug-likeness (QED) is 0.349. The zero-order valence-electron chi connectivity index (χ0n) is 20.9. The predicted octanol–water partition coefficient (Wildman–Crippen LogP) is 8.04. The fraction of sp³-hybridized carbons (Fsp3) is 0.677. The van der Waals surface area contributed by atoms with Crippen LogP contribution in [0, 0.1) is 29.1 Å². The number of benzene rings is 1. The molecule has 0 bridgehead atoms. The molecule has 4 rings (SSSR count). The van der Waals surface area contributed by atoms with Crippen LogP contribution in [0.2, 0.25) is 0 Å². The molecule has 0 aromatic heterocycles. The van der Waals surface area contributed by atoms with Gasteiger partial charge in [0.25, 0.3) is 0 Å². The Morgan fingerprint density at radius 2 is 1.52 bits per heavy atom. The van der Waals surface area contributed by atoms with Crippen molar-refractivity contribution in [3.8, 4) is 0 Å². The molecule has 2 unspecified atom stereocenters. The molecule has 2 heteroatoms. The Hall–Kier alpha value is -1.44. The van der Waals surface area contributed by atoms with Crippen LogP contribution >= 0.6 is 0 Å². The van der Waals surface area contributed by atoms with Gasteiger partial charge < -0.3 is 0 Å². The Kier molecular flexibility index (Phi) is 8.47. The van der Waals surface area contributed by atoms with Gasteiger partial charge in [0.2, 0.25) is 0 Å². The molecule has 0 amide bonds. The van der Waals surface area contributed by atoms with Gasteiger partial charge in [-0.15, -0.1) is 0 Å². The van der Waals surface area contributed by atoms with E-state index in [0.29, 0.717) is 11.6 Å². The first-order valence-electron chi connectivity index (χ1n) is 13.8. The van der Waals surface area contributed by atoms with Crippen molar-refractivity contribution < 1.29 is 8.78 Å². The van der Waals surface area contributed by atoms with Gasteiger partial charge in [0.1, 0.15) is 5.83 Å². The van der Waals surface area contributed by atoms with Gasteiger partial charge in [-0.1, -0.05) is 107 Å². The summed E-state index contributed by atoms with van der Waals surface area (Å²) in [6.45, 7) is 4.34. The highest BCUT2D eigenvalue weighted by Gasteiger charge is 2.48. The van der Waals surface area contributed by atoms with E-state index in [4.69, 9.17) is 0 Å². The molecule has 0 heterocycles. The van der Waals surface area contributed by atoms with E-state index in [9.17, 15) is 0 Å². The summed E-state index contributed by atoms with van der Waals surface area (Å²) >= 11 is 0. The van der Waals surface area contributed by atoms with E-state index in [2.05, 4.69) is 19.1 Å². The minimum Gasteiger partial charge on any atom is -0.239 e. The van der Waals surface area contributed by atoms with E-state index in [1.54, 1.807) is 6.07 Å². The lowest BCUT2D eigenvalue weighted by molar-refractivity contribution is 0.0754. The normalized spacial score (nSPS) is 34.8. The molecule has 0 aliphatic heterocycles. The van der Waals surface area contributed by atoms with Crippen LogP contribution in [-0.2, 0) is 0 Å². The van der Waals surface area contributed by atoms with Crippen LogP contribution in [0.15, 0.2) is 36.4 Å². The van der Waals surface area contributed by atoms with Crippen molar-refractivity contribution in [2.24, 2.45) is 29.1 Å². The predicted molar refractivity (Wildman–Crippen MR) is 136 cm³/mol. The second-order valence-corrected chi connectivity index (χ2v) is 11.3. The summed E-state index contributed by atoms with van der Waals surface area (Å²) in [5.74, 6) is 2.37. The lowest BCUT2D eigenvalue weighted by Crippen LogP contribution is -2.48. The lowest BCUT2D eigenvalue weighted by Gasteiger charge is -2.45. The number of alkyl halides is 1. The zero-order valence-corrected chi connectivity index (χ0v) is 20.9. The summed E-state index contributed by atoms with van der Waals surface area (Å²) in [4.78, 5) is 0. The first-order chi connectivity index (χ1) is 16.1. The van der Waals surface area contributed by atoms with Gasteiger partial charge in [0.05, 0.1) is 0 Å². The molecule has 0 nitrogen and oxygen atoms in total. The summed E-state index contributed by atoms with van der Waals surface area (Å²) in [6.07, 6.45) is 20.5. The SMILES string of the molecule is C/C=C/CCC1(C2CCC(CCC3CCC(CC)CC3)CC2)C=c2ccccc2=C(F)C1F. The largest absolute Gasteiger partial charge is 0.239 e. The smallest absolute Gasteiger partial charge is 0.161 e. The number of halogens is 2. The Morgan fingerprint density at radius 3 is 2.15 bits per heavy atom. The summed E-state index contributed by atoms with van der Waals surface area (Å²) in [7, 11) is 0.